The SMILES string of the molecule is COc1cccc(CCN(CCC(=O)NCC2CCCO2)S(C)(=O)=O)c1. The molecule has 1 aromatic rings. The number of benzene rings is 1. The maximum Gasteiger partial charge on any atom is 0.221 e. The molecule has 146 valence electrons. The number of methoxy groups -OCH3 is 1. The number of carbonyl (C=O) groups excluding carboxylic acids is 1. The molecule has 1 atom stereocenters. The molecule has 1 aliphatic heterocycles. The van der Waals surface area contributed by atoms with Gasteiger partial charge >= 0.3 is 0 Å². The van der Waals surface area contributed by atoms with Crippen LogP contribution in [0.15, 0.2) is 24.3 Å². The van der Waals surface area contributed by atoms with Gasteiger partial charge in [-0.3, -0.25) is 4.79 Å². The van der Waals surface area contributed by atoms with Gasteiger partial charge < -0.3 is 14.8 Å². The zero-order valence-corrected chi connectivity index (χ0v) is 16.3. The molecule has 0 aliphatic carbocycles. The summed E-state index contributed by atoms with van der Waals surface area (Å²) in [4.78, 5) is 12.0. The number of rotatable bonds is 10. The monoisotopic (exact) mass is 384 g/mol. The topological polar surface area (TPSA) is 84.9 Å². The van der Waals surface area contributed by atoms with E-state index in [0.717, 1.165) is 30.8 Å². The van der Waals surface area contributed by atoms with Crippen molar-refractivity contribution >= 4 is 15.9 Å². The highest BCUT2D eigenvalue weighted by atomic mass is 32.2. The first-order chi connectivity index (χ1) is 12.4. The fourth-order valence-electron chi connectivity index (χ4n) is 2.87. The van der Waals surface area contributed by atoms with E-state index < -0.39 is 10.0 Å². The second kappa shape index (κ2) is 9.89. The molecule has 1 aromatic carbocycles. The Morgan fingerprint density at radius 1 is 1.38 bits per heavy atom. The molecule has 26 heavy (non-hydrogen) atoms. The van der Waals surface area contributed by atoms with Gasteiger partial charge in [0, 0.05) is 32.7 Å². The van der Waals surface area contributed by atoms with Gasteiger partial charge in [0.15, 0.2) is 0 Å². The molecule has 1 amide bonds. The smallest absolute Gasteiger partial charge is 0.221 e. The number of carbonyl (C=O) groups is 1. The van der Waals surface area contributed by atoms with E-state index in [4.69, 9.17) is 9.47 Å². The van der Waals surface area contributed by atoms with Crippen molar-refractivity contribution in [3.05, 3.63) is 29.8 Å². The minimum Gasteiger partial charge on any atom is -0.497 e. The number of ether oxygens (including phenoxy) is 2. The Balaban J connectivity index is 1.81. The summed E-state index contributed by atoms with van der Waals surface area (Å²) < 4.78 is 36.0. The lowest BCUT2D eigenvalue weighted by Crippen LogP contribution is -2.37. The minimum atomic E-state index is -3.38. The summed E-state index contributed by atoms with van der Waals surface area (Å²) in [5.41, 5.74) is 0.987. The van der Waals surface area contributed by atoms with Crippen LogP contribution in [0.2, 0.25) is 0 Å². The Kier molecular flexibility index (Phi) is 7.86. The van der Waals surface area contributed by atoms with Gasteiger partial charge in [0.2, 0.25) is 15.9 Å². The third-order valence-electron chi connectivity index (χ3n) is 4.39. The molecule has 1 heterocycles. The molecule has 1 N–H and O–H groups in total. The fourth-order valence-corrected chi connectivity index (χ4v) is 3.72. The molecule has 7 nitrogen and oxygen atoms in total. The molecular formula is C18H28N2O5S. The molecule has 1 fully saturated rings. The van der Waals surface area contributed by atoms with Crippen LogP contribution in [0.5, 0.6) is 5.75 Å². The molecule has 0 aromatic heterocycles. The van der Waals surface area contributed by atoms with E-state index in [9.17, 15) is 13.2 Å². The van der Waals surface area contributed by atoms with Gasteiger partial charge in [-0.15, -0.1) is 0 Å². The first kappa shape index (κ1) is 20.7. The molecule has 8 heteroatoms. The van der Waals surface area contributed by atoms with Crippen LogP contribution in [0.1, 0.15) is 24.8 Å². The second-order valence-corrected chi connectivity index (χ2v) is 8.44. The summed E-state index contributed by atoms with van der Waals surface area (Å²) >= 11 is 0. The summed E-state index contributed by atoms with van der Waals surface area (Å²) in [6.07, 6.45) is 3.92. The van der Waals surface area contributed by atoms with Crippen LogP contribution in [0.25, 0.3) is 0 Å². The zero-order chi connectivity index (χ0) is 19.0. The van der Waals surface area contributed by atoms with Crippen molar-refractivity contribution in [1.29, 1.82) is 0 Å². The number of nitrogens with one attached hydrogen (secondary N) is 1. The Morgan fingerprint density at radius 3 is 2.85 bits per heavy atom. The van der Waals surface area contributed by atoms with Gasteiger partial charge in [-0.2, -0.15) is 0 Å². The molecule has 0 radical (unpaired) electrons. The third kappa shape index (κ3) is 6.93. The van der Waals surface area contributed by atoms with Crippen molar-refractivity contribution in [2.24, 2.45) is 0 Å². The molecule has 0 bridgehead atoms. The van der Waals surface area contributed by atoms with Crippen LogP contribution in [0.3, 0.4) is 0 Å². The molecule has 1 unspecified atom stereocenters. The Morgan fingerprint density at radius 2 is 2.19 bits per heavy atom. The highest BCUT2D eigenvalue weighted by Crippen LogP contribution is 2.14. The van der Waals surface area contributed by atoms with Crippen LogP contribution in [-0.2, 0) is 26.0 Å². The number of hydrogen-bond acceptors (Lipinski definition) is 5. The summed E-state index contributed by atoms with van der Waals surface area (Å²) in [6, 6.07) is 7.53. The fraction of sp³-hybridized carbons (Fsp3) is 0.611. The summed E-state index contributed by atoms with van der Waals surface area (Å²) in [5.74, 6) is 0.581. The van der Waals surface area contributed by atoms with Crippen molar-refractivity contribution in [1.82, 2.24) is 9.62 Å². The van der Waals surface area contributed by atoms with Gasteiger partial charge in [0.1, 0.15) is 5.75 Å². The lowest BCUT2D eigenvalue weighted by atomic mass is 10.1. The van der Waals surface area contributed by atoms with Gasteiger partial charge in [0.25, 0.3) is 0 Å². The maximum atomic E-state index is 12.0. The minimum absolute atomic E-state index is 0.0815. The van der Waals surface area contributed by atoms with Crippen LogP contribution in [-0.4, -0.2) is 64.3 Å². The Hall–Kier alpha value is -1.64. The zero-order valence-electron chi connectivity index (χ0n) is 15.4. The second-order valence-electron chi connectivity index (χ2n) is 6.45. The molecule has 1 aliphatic rings. The highest BCUT2D eigenvalue weighted by Gasteiger charge is 2.19. The largest absolute Gasteiger partial charge is 0.497 e. The standard InChI is InChI=1S/C18H28N2O5S/c1-24-16-6-3-5-15(13-16)8-10-20(26(2,22)23)11-9-18(21)19-14-17-7-4-12-25-17/h3,5-6,13,17H,4,7-12,14H2,1-2H3,(H,19,21). The first-order valence-corrected chi connectivity index (χ1v) is 10.7. The highest BCUT2D eigenvalue weighted by molar-refractivity contribution is 7.88. The van der Waals surface area contributed by atoms with Crippen LogP contribution in [0.4, 0.5) is 0 Å². The van der Waals surface area contributed by atoms with E-state index in [1.54, 1.807) is 7.11 Å². The van der Waals surface area contributed by atoms with Crippen molar-refractivity contribution in [2.75, 3.05) is 39.6 Å². The van der Waals surface area contributed by atoms with E-state index in [-0.39, 0.29) is 25.0 Å². The number of sulfonamides is 1. The Labute approximate surface area is 155 Å². The predicted molar refractivity (Wildman–Crippen MR) is 99.7 cm³/mol. The number of hydrogen-bond donors (Lipinski definition) is 1. The van der Waals surface area contributed by atoms with E-state index >= 15 is 0 Å². The molecular weight excluding hydrogens is 356 g/mol. The van der Waals surface area contributed by atoms with Gasteiger partial charge in [0.05, 0.1) is 19.5 Å². The average molecular weight is 384 g/mol. The van der Waals surface area contributed by atoms with E-state index in [1.165, 1.54) is 10.6 Å². The van der Waals surface area contributed by atoms with Crippen molar-refractivity contribution in [3.8, 4) is 5.75 Å². The lowest BCUT2D eigenvalue weighted by Gasteiger charge is -2.20. The summed E-state index contributed by atoms with van der Waals surface area (Å²) in [6.45, 7) is 1.72. The average Bonchev–Trinajstić information content (AvgIpc) is 3.12. The van der Waals surface area contributed by atoms with E-state index in [0.29, 0.717) is 19.5 Å². The van der Waals surface area contributed by atoms with Gasteiger partial charge in [-0.1, -0.05) is 12.1 Å². The van der Waals surface area contributed by atoms with Crippen LogP contribution >= 0.6 is 0 Å². The van der Waals surface area contributed by atoms with Gasteiger partial charge in [-0.05, 0) is 37.0 Å². The van der Waals surface area contributed by atoms with Crippen LogP contribution < -0.4 is 10.1 Å². The third-order valence-corrected chi connectivity index (χ3v) is 5.70. The number of amides is 1. The number of nitrogens with zero attached hydrogens (tertiary/aromatic N) is 1. The normalized spacial score (nSPS) is 17.4. The van der Waals surface area contributed by atoms with Crippen LogP contribution in [0, 0.1) is 0 Å². The maximum absolute atomic E-state index is 12.0. The van der Waals surface area contributed by atoms with E-state index in [2.05, 4.69) is 5.32 Å². The van der Waals surface area contributed by atoms with Crippen molar-refractivity contribution in [3.63, 3.8) is 0 Å². The van der Waals surface area contributed by atoms with Crippen molar-refractivity contribution < 1.29 is 22.7 Å². The molecule has 1 saturated heterocycles. The molecule has 0 spiro atoms. The summed E-state index contributed by atoms with van der Waals surface area (Å²) in [7, 11) is -1.79. The predicted octanol–water partition coefficient (Wildman–Crippen LogP) is 1.18. The lowest BCUT2D eigenvalue weighted by molar-refractivity contribution is -0.121. The molecule has 0 saturated carbocycles. The summed E-state index contributed by atoms with van der Waals surface area (Å²) in [5, 5.41) is 2.82. The van der Waals surface area contributed by atoms with Crippen molar-refractivity contribution in [2.45, 2.75) is 31.8 Å². The quantitative estimate of drug-likeness (QED) is 0.655. The molecule has 2 rings (SSSR count). The van der Waals surface area contributed by atoms with E-state index in [1.807, 2.05) is 24.3 Å². The Bertz CT molecular complexity index is 687. The first-order valence-electron chi connectivity index (χ1n) is 8.85. The van der Waals surface area contributed by atoms with Gasteiger partial charge in [-0.25, -0.2) is 12.7 Å².